The number of carboxylic acids is 1. The molecule has 1 aromatic carbocycles. The first-order valence-corrected chi connectivity index (χ1v) is 4.53. The van der Waals surface area contributed by atoms with Crippen molar-refractivity contribution in [1.82, 2.24) is 4.98 Å². The summed E-state index contributed by atoms with van der Waals surface area (Å²) in [5.74, 6) is -0.957. The van der Waals surface area contributed by atoms with Gasteiger partial charge >= 0.3 is 5.97 Å². The van der Waals surface area contributed by atoms with Crippen molar-refractivity contribution in [1.29, 1.82) is 0 Å². The number of pyridine rings is 1. The summed E-state index contributed by atoms with van der Waals surface area (Å²) in [4.78, 5) is 15.0. The van der Waals surface area contributed by atoms with Gasteiger partial charge in [0.05, 0.1) is 11.3 Å². The van der Waals surface area contributed by atoms with Crippen LogP contribution in [0.2, 0.25) is 0 Å². The zero-order valence-corrected chi connectivity index (χ0v) is 7.92. The quantitative estimate of drug-likeness (QED) is 0.808. The van der Waals surface area contributed by atoms with E-state index in [1.54, 1.807) is 18.3 Å². The molecule has 3 heteroatoms. The Labute approximate surface area is 87.0 Å². The summed E-state index contributed by atoms with van der Waals surface area (Å²) in [7, 11) is 0. The van der Waals surface area contributed by atoms with Crippen molar-refractivity contribution in [2.24, 2.45) is 0 Å². The Morgan fingerprint density at radius 1 is 1.07 bits per heavy atom. The smallest absolute Gasteiger partial charge is 0.337 e. The van der Waals surface area contributed by atoms with Gasteiger partial charge in [0, 0.05) is 11.8 Å². The summed E-state index contributed by atoms with van der Waals surface area (Å²) >= 11 is 0. The minimum Gasteiger partial charge on any atom is -0.478 e. The Balaban J connectivity index is 2.58. The van der Waals surface area contributed by atoms with Crippen LogP contribution in [0.3, 0.4) is 0 Å². The lowest BCUT2D eigenvalue weighted by Gasteiger charge is -2.03. The van der Waals surface area contributed by atoms with Crippen LogP contribution < -0.4 is 0 Å². The van der Waals surface area contributed by atoms with Crippen LogP contribution in [0.1, 0.15) is 10.4 Å². The third-order valence-electron chi connectivity index (χ3n) is 2.09. The van der Waals surface area contributed by atoms with Crippen LogP contribution in [0.5, 0.6) is 0 Å². The Kier molecular flexibility index (Phi) is 2.46. The molecule has 0 spiro atoms. The number of hydrogen-bond donors (Lipinski definition) is 1. The SMILES string of the molecule is O=C(O)c1cccnc1-c1ccccc1. The second kappa shape index (κ2) is 3.92. The normalized spacial score (nSPS) is 9.87. The van der Waals surface area contributed by atoms with Crippen LogP contribution in [0.25, 0.3) is 11.3 Å². The van der Waals surface area contributed by atoms with Crippen molar-refractivity contribution >= 4 is 5.97 Å². The zero-order chi connectivity index (χ0) is 10.7. The Bertz CT molecular complexity index is 480. The maximum Gasteiger partial charge on any atom is 0.337 e. The predicted octanol–water partition coefficient (Wildman–Crippen LogP) is 2.45. The molecule has 2 rings (SSSR count). The van der Waals surface area contributed by atoms with Gasteiger partial charge in [-0.05, 0) is 12.1 Å². The first-order chi connectivity index (χ1) is 7.29. The third kappa shape index (κ3) is 1.86. The summed E-state index contributed by atoms with van der Waals surface area (Å²) in [5, 5.41) is 8.99. The van der Waals surface area contributed by atoms with E-state index in [4.69, 9.17) is 5.11 Å². The molecule has 1 heterocycles. The first kappa shape index (κ1) is 9.40. The number of aromatic carboxylic acids is 1. The van der Waals surface area contributed by atoms with Crippen LogP contribution in [0.4, 0.5) is 0 Å². The topological polar surface area (TPSA) is 50.2 Å². The van der Waals surface area contributed by atoms with Crippen molar-refractivity contribution in [3.05, 3.63) is 54.2 Å². The fraction of sp³-hybridized carbons (Fsp3) is 0. The van der Waals surface area contributed by atoms with Gasteiger partial charge in [0.2, 0.25) is 0 Å². The molecular weight excluding hydrogens is 190 g/mol. The highest BCUT2D eigenvalue weighted by molar-refractivity contribution is 5.94. The van der Waals surface area contributed by atoms with Crippen LogP contribution in [0.15, 0.2) is 48.7 Å². The molecule has 0 amide bonds. The molecule has 0 aliphatic rings. The average Bonchev–Trinajstić information content (AvgIpc) is 2.30. The monoisotopic (exact) mass is 199 g/mol. The van der Waals surface area contributed by atoms with Crippen LogP contribution in [-0.2, 0) is 0 Å². The van der Waals surface area contributed by atoms with Gasteiger partial charge in [0.25, 0.3) is 0 Å². The van der Waals surface area contributed by atoms with E-state index in [2.05, 4.69) is 4.98 Å². The zero-order valence-electron chi connectivity index (χ0n) is 7.92. The van der Waals surface area contributed by atoms with Gasteiger partial charge in [0.15, 0.2) is 0 Å². The number of rotatable bonds is 2. The highest BCUT2D eigenvalue weighted by Gasteiger charge is 2.11. The molecule has 15 heavy (non-hydrogen) atoms. The summed E-state index contributed by atoms with van der Waals surface area (Å²) in [6.45, 7) is 0. The van der Waals surface area contributed by atoms with Gasteiger partial charge in [-0.2, -0.15) is 0 Å². The lowest BCUT2D eigenvalue weighted by Crippen LogP contribution is -2.00. The highest BCUT2D eigenvalue weighted by Crippen LogP contribution is 2.20. The molecule has 0 atom stereocenters. The Morgan fingerprint density at radius 3 is 2.47 bits per heavy atom. The van der Waals surface area contributed by atoms with Crippen molar-refractivity contribution in [3.63, 3.8) is 0 Å². The van der Waals surface area contributed by atoms with Crippen molar-refractivity contribution < 1.29 is 9.90 Å². The van der Waals surface area contributed by atoms with Gasteiger partial charge in [-0.25, -0.2) is 4.79 Å². The van der Waals surface area contributed by atoms with Gasteiger partial charge in [-0.15, -0.1) is 0 Å². The van der Waals surface area contributed by atoms with Crippen molar-refractivity contribution in [2.45, 2.75) is 0 Å². The molecule has 3 nitrogen and oxygen atoms in total. The molecule has 0 bridgehead atoms. The largest absolute Gasteiger partial charge is 0.478 e. The number of hydrogen-bond acceptors (Lipinski definition) is 2. The van der Waals surface area contributed by atoms with E-state index in [0.717, 1.165) is 5.56 Å². The molecule has 74 valence electrons. The lowest BCUT2D eigenvalue weighted by atomic mass is 10.1. The van der Waals surface area contributed by atoms with E-state index < -0.39 is 5.97 Å². The number of aromatic nitrogens is 1. The molecule has 0 radical (unpaired) electrons. The number of carboxylic acid groups (broad SMARTS) is 1. The second-order valence-corrected chi connectivity index (χ2v) is 3.07. The molecular formula is C12H9NO2. The predicted molar refractivity (Wildman–Crippen MR) is 56.6 cm³/mol. The number of carbonyl (C=O) groups is 1. The molecule has 0 aliphatic heterocycles. The number of benzene rings is 1. The number of nitrogens with zero attached hydrogens (tertiary/aromatic N) is 1. The molecule has 1 N–H and O–H groups in total. The fourth-order valence-electron chi connectivity index (χ4n) is 1.40. The summed E-state index contributed by atoms with van der Waals surface area (Å²) < 4.78 is 0. The van der Waals surface area contributed by atoms with Crippen LogP contribution in [-0.4, -0.2) is 16.1 Å². The van der Waals surface area contributed by atoms with E-state index in [-0.39, 0.29) is 5.56 Å². The summed E-state index contributed by atoms with van der Waals surface area (Å²) in [6, 6.07) is 12.5. The summed E-state index contributed by atoms with van der Waals surface area (Å²) in [6.07, 6.45) is 1.59. The minimum absolute atomic E-state index is 0.226. The summed E-state index contributed by atoms with van der Waals surface area (Å²) in [5.41, 5.74) is 1.55. The molecule has 0 fully saturated rings. The second-order valence-electron chi connectivity index (χ2n) is 3.07. The van der Waals surface area contributed by atoms with Gasteiger partial charge in [-0.3, -0.25) is 4.98 Å². The standard InChI is InChI=1S/C12H9NO2/c14-12(15)10-7-4-8-13-11(10)9-5-2-1-3-6-9/h1-8H,(H,14,15). The molecule has 2 aromatic rings. The van der Waals surface area contributed by atoms with E-state index in [0.29, 0.717) is 5.69 Å². The van der Waals surface area contributed by atoms with Gasteiger partial charge in [0.1, 0.15) is 0 Å². The first-order valence-electron chi connectivity index (χ1n) is 4.53. The highest BCUT2D eigenvalue weighted by atomic mass is 16.4. The maximum atomic E-state index is 11.0. The minimum atomic E-state index is -0.957. The Morgan fingerprint density at radius 2 is 1.80 bits per heavy atom. The molecule has 0 aliphatic carbocycles. The molecule has 0 unspecified atom stereocenters. The third-order valence-corrected chi connectivity index (χ3v) is 2.09. The van der Waals surface area contributed by atoms with E-state index in [1.807, 2.05) is 30.3 Å². The van der Waals surface area contributed by atoms with E-state index in [9.17, 15) is 4.79 Å². The van der Waals surface area contributed by atoms with E-state index >= 15 is 0 Å². The lowest BCUT2D eigenvalue weighted by molar-refractivity contribution is 0.0697. The van der Waals surface area contributed by atoms with Gasteiger partial charge < -0.3 is 5.11 Å². The molecule has 0 saturated carbocycles. The average molecular weight is 199 g/mol. The molecule has 0 saturated heterocycles. The Hall–Kier alpha value is -2.16. The maximum absolute atomic E-state index is 11.0. The van der Waals surface area contributed by atoms with Gasteiger partial charge in [-0.1, -0.05) is 30.3 Å². The van der Waals surface area contributed by atoms with Crippen molar-refractivity contribution in [2.75, 3.05) is 0 Å². The van der Waals surface area contributed by atoms with E-state index in [1.165, 1.54) is 0 Å². The van der Waals surface area contributed by atoms with Crippen LogP contribution in [0, 0.1) is 0 Å². The van der Waals surface area contributed by atoms with Crippen molar-refractivity contribution in [3.8, 4) is 11.3 Å². The molecule has 1 aromatic heterocycles. The van der Waals surface area contributed by atoms with Crippen LogP contribution >= 0.6 is 0 Å². The fourth-order valence-corrected chi connectivity index (χ4v) is 1.40.